The largest absolute Gasteiger partial charge is 0.311 e. The van der Waals surface area contributed by atoms with Crippen LogP contribution in [0.15, 0.2) is 0 Å². The van der Waals surface area contributed by atoms with Gasteiger partial charge in [0.1, 0.15) is 0 Å². The lowest BCUT2D eigenvalue weighted by molar-refractivity contribution is 0.604. The van der Waals surface area contributed by atoms with Gasteiger partial charge in [-0.3, -0.25) is 4.68 Å². The fraction of sp³-hybridized carbons (Fsp3) is 0.700. The number of hydrogen-bond donors (Lipinski definition) is 1. The van der Waals surface area contributed by atoms with Gasteiger partial charge in [0.05, 0.1) is 16.4 Å². The van der Waals surface area contributed by atoms with Crippen LogP contribution < -0.4 is 5.32 Å². The van der Waals surface area contributed by atoms with E-state index >= 15 is 0 Å². The summed E-state index contributed by atoms with van der Waals surface area (Å²) in [5.41, 5.74) is 1.98. The predicted octanol–water partition coefficient (Wildman–Crippen LogP) is 2.69. The highest BCUT2D eigenvalue weighted by molar-refractivity contribution is 14.1. The fourth-order valence-corrected chi connectivity index (χ4v) is 2.19. The third-order valence-electron chi connectivity index (χ3n) is 2.29. The van der Waals surface area contributed by atoms with E-state index in [-0.39, 0.29) is 0 Å². The van der Waals surface area contributed by atoms with Crippen LogP contribution in [0.25, 0.3) is 0 Å². The van der Waals surface area contributed by atoms with E-state index < -0.39 is 0 Å². The van der Waals surface area contributed by atoms with Crippen LogP contribution in [0.1, 0.15) is 24.2 Å². The average Bonchev–Trinajstić information content (AvgIpc) is 2.44. The van der Waals surface area contributed by atoms with Crippen LogP contribution in [-0.4, -0.2) is 20.8 Å². The number of halogens is 2. The molecule has 5 heteroatoms. The van der Waals surface area contributed by atoms with Gasteiger partial charge in [0, 0.05) is 13.6 Å². The second-order valence-electron chi connectivity index (χ2n) is 3.54. The molecule has 0 saturated heterocycles. The van der Waals surface area contributed by atoms with Gasteiger partial charge in [0.15, 0.2) is 0 Å². The van der Waals surface area contributed by atoms with Gasteiger partial charge >= 0.3 is 0 Å². The third kappa shape index (κ3) is 3.92. The molecule has 0 aromatic carbocycles. The molecule has 1 heterocycles. The molecule has 1 aromatic heterocycles. The second kappa shape index (κ2) is 6.70. The topological polar surface area (TPSA) is 29.9 Å². The molecule has 1 N–H and O–H groups in total. The van der Waals surface area contributed by atoms with E-state index in [1.54, 1.807) is 0 Å². The number of unbranched alkanes of at least 4 members (excludes halogenated alkanes) is 1. The second-order valence-corrected chi connectivity index (χ2v) is 5.00. The van der Waals surface area contributed by atoms with Crippen LogP contribution in [-0.2, 0) is 13.6 Å². The molecule has 0 aliphatic rings. The van der Waals surface area contributed by atoms with Gasteiger partial charge in [-0.25, -0.2) is 0 Å². The monoisotopic (exact) mass is 341 g/mol. The molecule has 0 aliphatic carbocycles. The summed E-state index contributed by atoms with van der Waals surface area (Å²) >= 11 is 8.53. The Morgan fingerprint density at radius 1 is 1.47 bits per heavy atom. The molecule has 15 heavy (non-hydrogen) atoms. The molecule has 0 aliphatic heterocycles. The SMILES string of the molecule is Cc1nn(C)c(CNCCCCI)c1Cl. The summed E-state index contributed by atoms with van der Waals surface area (Å²) in [6, 6.07) is 0. The molecule has 0 spiro atoms. The van der Waals surface area contributed by atoms with Crippen LogP contribution in [0.5, 0.6) is 0 Å². The number of nitrogens with zero attached hydrogens (tertiary/aromatic N) is 2. The standard InChI is InChI=1S/C10H17ClIN3/c1-8-10(11)9(15(2)14-8)7-13-6-4-3-5-12/h13H,3-7H2,1-2H3. The number of hydrogen-bond acceptors (Lipinski definition) is 2. The van der Waals surface area contributed by atoms with Gasteiger partial charge in [0.2, 0.25) is 0 Å². The number of aryl methyl sites for hydroxylation is 2. The molecule has 0 saturated carbocycles. The van der Waals surface area contributed by atoms with Crippen molar-refractivity contribution in [3.63, 3.8) is 0 Å². The Hall–Kier alpha value is 0.190. The number of alkyl halides is 1. The predicted molar refractivity (Wildman–Crippen MR) is 72.8 cm³/mol. The first-order valence-corrected chi connectivity index (χ1v) is 7.01. The molecule has 1 aromatic rings. The van der Waals surface area contributed by atoms with Crippen molar-refractivity contribution in [3.8, 4) is 0 Å². The zero-order valence-corrected chi connectivity index (χ0v) is 12.1. The summed E-state index contributed by atoms with van der Waals surface area (Å²) in [5.74, 6) is 0. The molecule has 0 bridgehead atoms. The van der Waals surface area contributed by atoms with Gasteiger partial charge in [0.25, 0.3) is 0 Å². The molecule has 3 nitrogen and oxygen atoms in total. The number of aromatic nitrogens is 2. The smallest absolute Gasteiger partial charge is 0.0860 e. The van der Waals surface area contributed by atoms with E-state index in [0.717, 1.165) is 29.5 Å². The number of nitrogens with one attached hydrogen (secondary N) is 1. The van der Waals surface area contributed by atoms with Crippen LogP contribution >= 0.6 is 34.2 Å². The Bertz CT molecular complexity index is 312. The van der Waals surface area contributed by atoms with Crippen molar-refractivity contribution >= 4 is 34.2 Å². The van der Waals surface area contributed by atoms with E-state index in [0.29, 0.717) is 0 Å². The van der Waals surface area contributed by atoms with Gasteiger partial charge in [-0.2, -0.15) is 5.10 Å². The highest BCUT2D eigenvalue weighted by Crippen LogP contribution is 2.18. The fourth-order valence-electron chi connectivity index (χ4n) is 1.42. The maximum Gasteiger partial charge on any atom is 0.0860 e. The van der Waals surface area contributed by atoms with Gasteiger partial charge < -0.3 is 5.32 Å². The van der Waals surface area contributed by atoms with Gasteiger partial charge in [-0.1, -0.05) is 34.2 Å². The van der Waals surface area contributed by atoms with Crippen molar-refractivity contribution in [2.24, 2.45) is 7.05 Å². The van der Waals surface area contributed by atoms with E-state index in [2.05, 4.69) is 33.0 Å². The van der Waals surface area contributed by atoms with Crippen LogP contribution in [0.3, 0.4) is 0 Å². The summed E-state index contributed by atoms with van der Waals surface area (Å²) in [6.07, 6.45) is 2.49. The van der Waals surface area contributed by atoms with E-state index in [1.165, 1.54) is 17.3 Å². The normalized spacial score (nSPS) is 10.9. The summed E-state index contributed by atoms with van der Waals surface area (Å²) in [7, 11) is 1.93. The minimum atomic E-state index is 0.791. The van der Waals surface area contributed by atoms with Crippen molar-refractivity contribution in [2.75, 3.05) is 11.0 Å². The third-order valence-corrected chi connectivity index (χ3v) is 3.55. The summed E-state index contributed by atoms with van der Waals surface area (Å²) in [4.78, 5) is 0. The van der Waals surface area contributed by atoms with Crippen molar-refractivity contribution in [3.05, 3.63) is 16.4 Å². The van der Waals surface area contributed by atoms with E-state index in [1.807, 2.05) is 18.7 Å². The van der Waals surface area contributed by atoms with E-state index in [4.69, 9.17) is 11.6 Å². The minimum absolute atomic E-state index is 0.791. The summed E-state index contributed by atoms with van der Waals surface area (Å²) < 4.78 is 3.08. The average molecular weight is 342 g/mol. The van der Waals surface area contributed by atoms with Crippen molar-refractivity contribution in [1.29, 1.82) is 0 Å². The lowest BCUT2D eigenvalue weighted by Gasteiger charge is -2.05. The molecule has 86 valence electrons. The Morgan fingerprint density at radius 3 is 2.73 bits per heavy atom. The highest BCUT2D eigenvalue weighted by Gasteiger charge is 2.09. The Kier molecular flexibility index (Phi) is 5.92. The first-order valence-electron chi connectivity index (χ1n) is 5.11. The minimum Gasteiger partial charge on any atom is -0.311 e. The zero-order chi connectivity index (χ0) is 11.3. The molecular weight excluding hydrogens is 324 g/mol. The zero-order valence-electron chi connectivity index (χ0n) is 9.19. The Labute approximate surface area is 110 Å². The Morgan fingerprint density at radius 2 is 2.20 bits per heavy atom. The van der Waals surface area contributed by atoms with Crippen LogP contribution in [0.2, 0.25) is 5.02 Å². The molecule has 0 atom stereocenters. The lowest BCUT2D eigenvalue weighted by Crippen LogP contribution is -2.17. The van der Waals surface area contributed by atoms with Gasteiger partial charge in [-0.05, 0) is 30.7 Å². The molecule has 0 fully saturated rings. The van der Waals surface area contributed by atoms with Gasteiger partial charge in [-0.15, -0.1) is 0 Å². The van der Waals surface area contributed by atoms with Crippen LogP contribution in [0, 0.1) is 6.92 Å². The number of rotatable bonds is 6. The molecule has 0 unspecified atom stereocenters. The molecule has 0 amide bonds. The summed E-state index contributed by atoms with van der Waals surface area (Å²) in [6.45, 7) is 3.78. The Balaban J connectivity index is 2.37. The van der Waals surface area contributed by atoms with Crippen molar-refractivity contribution in [1.82, 2.24) is 15.1 Å². The van der Waals surface area contributed by atoms with Crippen LogP contribution in [0.4, 0.5) is 0 Å². The van der Waals surface area contributed by atoms with E-state index in [9.17, 15) is 0 Å². The first-order chi connectivity index (χ1) is 7.16. The highest BCUT2D eigenvalue weighted by atomic mass is 127. The molecular formula is C10H17ClIN3. The van der Waals surface area contributed by atoms with Crippen molar-refractivity contribution in [2.45, 2.75) is 26.3 Å². The molecule has 1 rings (SSSR count). The first kappa shape index (κ1) is 13.3. The quantitative estimate of drug-likeness (QED) is 0.490. The lowest BCUT2D eigenvalue weighted by atomic mass is 10.3. The summed E-state index contributed by atoms with van der Waals surface area (Å²) in [5, 5.41) is 8.44. The van der Waals surface area contributed by atoms with Crippen molar-refractivity contribution < 1.29 is 0 Å². The maximum absolute atomic E-state index is 6.13. The molecule has 0 radical (unpaired) electrons. The maximum atomic E-state index is 6.13.